The molecule has 0 atom stereocenters. The van der Waals surface area contributed by atoms with Crippen LogP contribution in [0.1, 0.15) is 32.3 Å². The number of carbonyl (C=O) groups excluding carboxylic acids is 1. The minimum Gasteiger partial charge on any atom is -0.356 e. The number of amides is 1. The van der Waals surface area contributed by atoms with Gasteiger partial charge < -0.3 is 16.0 Å². The minimum atomic E-state index is -0.0222. The summed E-state index contributed by atoms with van der Waals surface area (Å²) in [5, 5.41) is 9.16. The number of hydrogen-bond acceptors (Lipinski definition) is 2. The monoisotopic (exact) mass is 446 g/mol. The topological polar surface area (TPSA) is 65.5 Å². The molecule has 0 aliphatic rings. The third kappa shape index (κ3) is 11.3. The number of benzene rings is 1. The van der Waals surface area contributed by atoms with Gasteiger partial charge in [-0.1, -0.05) is 44.2 Å². The Kier molecular flexibility index (Phi) is 13.3. The first-order chi connectivity index (χ1) is 11.1. The van der Waals surface area contributed by atoms with Crippen molar-refractivity contribution < 1.29 is 4.79 Å². The second-order valence-corrected chi connectivity index (χ2v) is 5.97. The average Bonchev–Trinajstić information content (AvgIpc) is 2.55. The molecule has 0 fully saturated rings. The number of rotatable bonds is 9. The van der Waals surface area contributed by atoms with E-state index in [4.69, 9.17) is 0 Å². The van der Waals surface area contributed by atoms with E-state index >= 15 is 0 Å². The van der Waals surface area contributed by atoms with Crippen molar-refractivity contribution in [3.8, 4) is 0 Å². The molecular weight excluding hydrogens is 415 g/mol. The van der Waals surface area contributed by atoms with Gasteiger partial charge in [-0.15, -0.1) is 24.0 Å². The van der Waals surface area contributed by atoms with Gasteiger partial charge in [0.05, 0.1) is 6.54 Å². The van der Waals surface area contributed by atoms with E-state index in [0.29, 0.717) is 18.4 Å². The Morgan fingerprint density at radius 1 is 1.08 bits per heavy atom. The molecule has 0 spiro atoms. The molecule has 0 unspecified atom stereocenters. The van der Waals surface area contributed by atoms with Crippen molar-refractivity contribution in [3.63, 3.8) is 0 Å². The Hall–Kier alpha value is -1.31. The Morgan fingerprint density at radius 2 is 1.79 bits per heavy atom. The molecular formula is C18H31IN4O. The summed E-state index contributed by atoms with van der Waals surface area (Å²) in [6, 6.07) is 10.1. The fourth-order valence-electron chi connectivity index (χ4n) is 2.16. The van der Waals surface area contributed by atoms with E-state index in [0.717, 1.165) is 19.4 Å². The van der Waals surface area contributed by atoms with Crippen molar-refractivity contribution in [1.29, 1.82) is 0 Å². The van der Waals surface area contributed by atoms with Crippen LogP contribution in [0, 0.1) is 5.92 Å². The summed E-state index contributed by atoms with van der Waals surface area (Å²) in [5.74, 6) is 1.36. The predicted octanol–water partition coefficient (Wildman–Crippen LogP) is 2.56. The molecule has 24 heavy (non-hydrogen) atoms. The highest BCUT2D eigenvalue weighted by atomic mass is 127. The fourth-order valence-corrected chi connectivity index (χ4v) is 2.16. The quantitative estimate of drug-likeness (QED) is 0.237. The molecule has 1 rings (SSSR count). The van der Waals surface area contributed by atoms with Crippen LogP contribution >= 0.6 is 24.0 Å². The molecule has 3 N–H and O–H groups in total. The Labute approximate surface area is 163 Å². The predicted molar refractivity (Wildman–Crippen MR) is 112 cm³/mol. The van der Waals surface area contributed by atoms with Crippen LogP contribution < -0.4 is 16.0 Å². The third-order valence-corrected chi connectivity index (χ3v) is 3.47. The van der Waals surface area contributed by atoms with Crippen LogP contribution in [0.25, 0.3) is 0 Å². The van der Waals surface area contributed by atoms with Gasteiger partial charge >= 0.3 is 0 Å². The van der Waals surface area contributed by atoms with Crippen LogP contribution in [-0.4, -0.2) is 38.5 Å². The maximum Gasteiger partial charge on any atom is 0.239 e. The zero-order valence-electron chi connectivity index (χ0n) is 15.0. The number of guanidine groups is 1. The molecule has 0 aromatic heterocycles. The average molecular weight is 446 g/mol. The van der Waals surface area contributed by atoms with Crippen molar-refractivity contribution in [2.45, 2.75) is 33.1 Å². The Morgan fingerprint density at radius 3 is 2.42 bits per heavy atom. The Bertz CT molecular complexity index is 477. The summed E-state index contributed by atoms with van der Waals surface area (Å²) in [4.78, 5) is 15.9. The van der Waals surface area contributed by atoms with E-state index in [1.807, 2.05) is 18.2 Å². The maximum absolute atomic E-state index is 11.8. The molecule has 0 radical (unpaired) electrons. The van der Waals surface area contributed by atoms with E-state index in [1.54, 1.807) is 7.05 Å². The number of nitrogens with zero attached hydrogens (tertiary/aromatic N) is 1. The lowest BCUT2D eigenvalue weighted by Crippen LogP contribution is -2.43. The second-order valence-electron chi connectivity index (χ2n) is 5.97. The van der Waals surface area contributed by atoms with Crippen LogP contribution in [0.3, 0.4) is 0 Å². The van der Waals surface area contributed by atoms with Crippen molar-refractivity contribution in [2.24, 2.45) is 10.9 Å². The van der Waals surface area contributed by atoms with Crippen LogP contribution in [0.5, 0.6) is 0 Å². The van der Waals surface area contributed by atoms with Gasteiger partial charge in [0, 0.05) is 20.1 Å². The van der Waals surface area contributed by atoms with Crippen molar-refractivity contribution in [3.05, 3.63) is 35.9 Å². The lowest BCUT2D eigenvalue weighted by atomic mass is 10.1. The van der Waals surface area contributed by atoms with E-state index in [1.165, 1.54) is 12.0 Å². The third-order valence-electron chi connectivity index (χ3n) is 3.47. The summed E-state index contributed by atoms with van der Waals surface area (Å²) in [6.07, 6.45) is 3.13. The molecule has 1 aromatic rings. The summed E-state index contributed by atoms with van der Waals surface area (Å²) >= 11 is 0. The van der Waals surface area contributed by atoms with Gasteiger partial charge in [0.15, 0.2) is 5.96 Å². The van der Waals surface area contributed by atoms with E-state index in [2.05, 4.69) is 46.9 Å². The SMILES string of the molecule is CN=C(NCCCC(C)C)NCC(=O)NCCc1ccccc1.I. The molecule has 5 nitrogen and oxygen atoms in total. The van der Waals surface area contributed by atoms with Crippen molar-refractivity contribution in [1.82, 2.24) is 16.0 Å². The molecule has 136 valence electrons. The highest BCUT2D eigenvalue weighted by molar-refractivity contribution is 14.0. The molecule has 1 aromatic carbocycles. The molecule has 0 saturated heterocycles. The van der Waals surface area contributed by atoms with Gasteiger partial charge in [0.25, 0.3) is 0 Å². The number of hydrogen-bond donors (Lipinski definition) is 3. The number of carbonyl (C=O) groups is 1. The minimum absolute atomic E-state index is 0. The first-order valence-corrected chi connectivity index (χ1v) is 8.37. The van der Waals surface area contributed by atoms with Crippen molar-refractivity contribution >= 4 is 35.8 Å². The highest BCUT2D eigenvalue weighted by Gasteiger charge is 2.03. The normalized spacial score (nSPS) is 10.9. The van der Waals surface area contributed by atoms with E-state index < -0.39 is 0 Å². The zero-order valence-corrected chi connectivity index (χ0v) is 17.3. The van der Waals surface area contributed by atoms with E-state index in [9.17, 15) is 4.79 Å². The molecule has 0 aliphatic heterocycles. The number of aliphatic imine (C=N–C) groups is 1. The van der Waals surface area contributed by atoms with Gasteiger partial charge in [0.2, 0.25) is 5.91 Å². The molecule has 0 heterocycles. The van der Waals surface area contributed by atoms with Crippen LogP contribution in [0.4, 0.5) is 0 Å². The molecule has 6 heteroatoms. The second kappa shape index (κ2) is 14.1. The molecule has 0 saturated carbocycles. The van der Waals surface area contributed by atoms with Gasteiger partial charge in [0.1, 0.15) is 0 Å². The zero-order chi connectivity index (χ0) is 16.9. The van der Waals surface area contributed by atoms with Crippen molar-refractivity contribution in [2.75, 3.05) is 26.7 Å². The van der Waals surface area contributed by atoms with E-state index in [-0.39, 0.29) is 36.4 Å². The number of halogens is 1. The largest absolute Gasteiger partial charge is 0.356 e. The van der Waals surface area contributed by atoms with Crippen LogP contribution in [0.2, 0.25) is 0 Å². The van der Waals surface area contributed by atoms with Gasteiger partial charge in [-0.3, -0.25) is 9.79 Å². The summed E-state index contributed by atoms with van der Waals surface area (Å²) in [6.45, 7) is 6.18. The lowest BCUT2D eigenvalue weighted by molar-refractivity contribution is -0.119. The van der Waals surface area contributed by atoms with Gasteiger partial charge in [-0.2, -0.15) is 0 Å². The molecule has 0 bridgehead atoms. The number of nitrogens with one attached hydrogen (secondary N) is 3. The Balaban J connectivity index is 0.00000529. The smallest absolute Gasteiger partial charge is 0.239 e. The van der Waals surface area contributed by atoms with Gasteiger partial charge in [-0.05, 0) is 30.7 Å². The lowest BCUT2D eigenvalue weighted by Gasteiger charge is -2.12. The summed E-state index contributed by atoms with van der Waals surface area (Å²) in [7, 11) is 1.71. The summed E-state index contributed by atoms with van der Waals surface area (Å²) in [5.41, 5.74) is 1.23. The fraction of sp³-hybridized carbons (Fsp3) is 0.556. The maximum atomic E-state index is 11.8. The molecule has 0 aliphatic carbocycles. The van der Waals surface area contributed by atoms with Crippen LogP contribution in [0.15, 0.2) is 35.3 Å². The van der Waals surface area contributed by atoms with Crippen LogP contribution in [-0.2, 0) is 11.2 Å². The standard InChI is InChI=1S/C18H30N4O.HI/c1-15(2)8-7-12-21-18(19-3)22-14-17(23)20-13-11-16-9-5-4-6-10-16;/h4-6,9-10,15H,7-8,11-14H2,1-3H3,(H,20,23)(H2,19,21,22);1H. The highest BCUT2D eigenvalue weighted by Crippen LogP contribution is 2.01. The first-order valence-electron chi connectivity index (χ1n) is 8.37. The van der Waals surface area contributed by atoms with Gasteiger partial charge in [-0.25, -0.2) is 0 Å². The molecule has 1 amide bonds. The first kappa shape index (κ1) is 22.7. The summed E-state index contributed by atoms with van der Waals surface area (Å²) < 4.78 is 0.